The van der Waals surface area contributed by atoms with Crippen molar-refractivity contribution in [2.75, 3.05) is 38.6 Å². The van der Waals surface area contributed by atoms with E-state index in [0.29, 0.717) is 0 Å². The molecule has 0 bridgehead atoms. The Labute approximate surface area is 124 Å². The third-order valence-corrected chi connectivity index (χ3v) is 4.02. The molecule has 5 heteroatoms. The molecule has 2 heterocycles. The maximum atomic E-state index is 4.66. The Balaban J connectivity index is 2.03. The minimum Gasteiger partial charge on any atom is -0.359 e. The van der Waals surface area contributed by atoms with Crippen molar-refractivity contribution in [3.05, 3.63) is 16.5 Å². The van der Waals surface area contributed by atoms with Crippen molar-refractivity contribution >= 4 is 21.7 Å². The van der Waals surface area contributed by atoms with Gasteiger partial charge in [-0.15, -0.1) is 0 Å². The number of aromatic nitrogens is 2. The first kappa shape index (κ1) is 14.7. The molecule has 2 rings (SSSR count). The molecule has 19 heavy (non-hydrogen) atoms. The third kappa shape index (κ3) is 4.14. The molecule has 1 aromatic heterocycles. The van der Waals surface area contributed by atoms with Crippen LogP contribution in [-0.2, 0) is 6.42 Å². The van der Waals surface area contributed by atoms with Gasteiger partial charge in [0.15, 0.2) is 0 Å². The Bertz CT molecular complexity index is 424. The lowest BCUT2D eigenvalue weighted by Gasteiger charge is -2.22. The van der Waals surface area contributed by atoms with Crippen LogP contribution >= 0.6 is 15.9 Å². The zero-order valence-corrected chi connectivity index (χ0v) is 13.7. The minimum atomic E-state index is 0.748. The summed E-state index contributed by atoms with van der Waals surface area (Å²) in [7, 11) is 4.32. The molecule has 1 fully saturated rings. The number of likely N-dealkylation sites (tertiary alicyclic amines) is 1. The summed E-state index contributed by atoms with van der Waals surface area (Å²) in [6.07, 6.45) is 3.30. The molecule has 1 unspecified atom stereocenters. The number of hydrogen-bond donors (Lipinski definition) is 0. The topological polar surface area (TPSA) is 32.3 Å². The first-order chi connectivity index (χ1) is 9.08. The van der Waals surface area contributed by atoms with Gasteiger partial charge >= 0.3 is 0 Å². The van der Waals surface area contributed by atoms with Crippen molar-refractivity contribution in [1.29, 1.82) is 0 Å². The lowest BCUT2D eigenvalue weighted by molar-refractivity contribution is 0.395. The van der Waals surface area contributed by atoms with Crippen molar-refractivity contribution in [3.8, 4) is 0 Å². The summed E-state index contributed by atoms with van der Waals surface area (Å²) in [6, 6.07) is 2.01. The standard InChI is InChI=1S/C14H23BrN4/c1-4-5-13-16-12(15)8-14(17-13)19(3)10-11-6-7-18(2)9-11/h8,11H,4-7,9-10H2,1-3H3. The minimum absolute atomic E-state index is 0.748. The van der Waals surface area contributed by atoms with Crippen LogP contribution in [0.2, 0.25) is 0 Å². The van der Waals surface area contributed by atoms with Gasteiger partial charge in [0.25, 0.3) is 0 Å². The second-order valence-corrected chi connectivity index (χ2v) is 6.33. The van der Waals surface area contributed by atoms with Gasteiger partial charge in [0.1, 0.15) is 16.2 Å². The molecule has 4 nitrogen and oxygen atoms in total. The smallest absolute Gasteiger partial charge is 0.133 e. The summed E-state index contributed by atoms with van der Waals surface area (Å²) >= 11 is 3.49. The molecule has 1 aliphatic rings. The van der Waals surface area contributed by atoms with Crippen LogP contribution in [0.15, 0.2) is 10.7 Å². The molecule has 0 aromatic carbocycles. The number of anilines is 1. The molecule has 106 valence electrons. The highest BCUT2D eigenvalue weighted by atomic mass is 79.9. The van der Waals surface area contributed by atoms with E-state index in [1.807, 2.05) is 6.07 Å². The van der Waals surface area contributed by atoms with Crippen molar-refractivity contribution < 1.29 is 0 Å². The average molecular weight is 327 g/mol. The molecule has 0 aliphatic carbocycles. The van der Waals surface area contributed by atoms with Crippen molar-refractivity contribution in [2.24, 2.45) is 5.92 Å². The largest absolute Gasteiger partial charge is 0.359 e. The van der Waals surface area contributed by atoms with Crippen LogP contribution < -0.4 is 4.90 Å². The Morgan fingerprint density at radius 1 is 1.47 bits per heavy atom. The lowest BCUT2D eigenvalue weighted by Crippen LogP contribution is -2.28. The van der Waals surface area contributed by atoms with Crippen molar-refractivity contribution in [1.82, 2.24) is 14.9 Å². The quantitative estimate of drug-likeness (QED) is 0.778. The van der Waals surface area contributed by atoms with Crippen molar-refractivity contribution in [3.63, 3.8) is 0 Å². The van der Waals surface area contributed by atoms with Gasteiger partial charge in [0.05, 0.1) is 0 Å². The Morgan fingerprint density at radius 3 is 2.89 bits per heavy atom. The van der Waals surface area contributed by atoms with Gasteiger partial charge in [-0.3, -0.25) is 0 Å². The number of hydrogen-bond acceptors (Lipinski definition) is 4. The van der Waals surface area contributed by atoms with Crippen LogP contribution in [0.4, 0.5) is 5.82 Å². The van der Waals surface area contributed by atoms with Crippen molar-refractivity contribution in [2.45, 2.75) is 26.2 Å². The van der Waals surface area contributed by atoms with E-state index in [2.05, 4.69) is 56.7 Å². The van der Waals surface area contributed by atoms with E-state index < -0.39 is 0 Å². The zero-order valence-electron chi connectivity index (χ0n) is 12.1. The molecular formula is C14H23BrN4. The van der Waals surface area contributed by atoms with Gasteiger partial charge in [-0.2, -0.15) is 0 Å². The molecule has 0 N–H and O–H groups in total. The van der Waals surface area contributed by atoms with Gasteiger partial charge in [-0.1, -0.05) is 6.92 Å². The van der Waals surface area contributed by atoms with E-state index in [1.165, 1.54) is 19.5 Å². The fraction of sp³-hybridized carbons (Fsp3) is 0.714. The van der Waals surface area contributed by atoms with Crippen LogP contribution in [0.5, 0.6) is 0 Å². The highest BCUT2D eigenvalue weighted by molar-refractivity contribution is 9.10. The second-order valence-electron chi connectivity index (χ2n) is 5.51. The van der Waals surface area contributed by atoms with E-state index in [9.17, 15) is 0 Å². The molecule has 0 radical (unpaired) electrons. The van der Waals surface area contributed by atoms with Crippen LogP contribution in [0.25, 0.3) is 0 Å². The lowest BCUT2D eigenvalue weighted by atomic mass is 10.1. The molecule has 1 saturated heterocycles. The maximum Gasteiger partial charge on any atom is 0.133 e. The van der Waals surface area contributed by atoms with Crippen LogP contribution in [0.3, 0.4) is 0 Å². The zero-order chi connectivity index (χ0) is 13.8. The molecule has 0 spiro atoms. The highest BCUT2D eigenvalue weighted by Crippen LogP contribution is 2.20. The summed E-state index contributed by atoms with van der Waals surface area (Å²) in [4.78, 5) is 13.7. The summed E-state index contributed by atoms with van der Waals surface area (Å²) in [5.41, 5.74) is 0. The van der Waals surface area contributed by atoms with Crippen LogP contribution in [0, 0.1) is 5.92 Å². The average Bonchev–Trinajstić information content (AvgIpc) is 2.74. The first-order valence-corrected chi connectivity index (χ1v) is 7.81. The van der Waals surface area contributed by atoms with Gasteiger partial charge in [-0.25, -0.2) is 9.97 Å². The predicted molar refractivity (Wildman–Crippen MR) is 82.6 cm³/mol. The van der Waals surface area contributed by atoms with E-state index >= 15 is 0 Å². The Kier molecular flexibility index (Phi) is 5.16. The molecule has 0 amide bonds. The van der Waals surface area contributed by atoms with E-state index in [0.717, 1.165) is 41.5 Å². The van der Waals surface area contributed by atoms with Gasteiger partial charge in [-0.05, 0) is 48.3 Å². The molecule has 1 aromatic rings. The van der Waals surface area contributed by atoms with Gasteiger partial charge in [0.2, 0.25) is 0 Å². The van der Waals surface area contributed by atoms with E-state index in [-0.39, 0.29) is 0 Å². The SMILES string of the molecule is CCCc1nc(Br)cc(N(C)CC2CCN(C)C2)n1. The summed E-state index contributed by atoms with van der Waals surface area (Å²) in [5.74, 6) is 2.71. The molecule has 1 aliphatic heterocycles. The number of aryl methyl sites for hydroxylation is 1. The Hall–Kier alpha value is -0.680. The summed E-state index contributed by atoms with van der Waals surface area (Å²) in [5, 5.41) is 0. The summed E-state index contributed by atoms with van der Waals surface area (Å²) < 4.78 is 0.885. The van der Waals surface area contributed by atoms with Crippen LogP contribution in [-0.4, -0.2) is 48.6 Å². The first-order valence-electron chi connectivity index (χ1n) is 7.01. The fourth-order valence-electron chi connectivity index (χ4n) is 2.64. The van der Waals surface area contributed by atoms with E-state index in [4.69, 9.17) is 0 Å². The number of nitrogens with zero attached hydrogens (tertiary/aromatic N) is 4. The second kappa shape index (κ2) is 6.66. The molecular weight excluding hydrogens is 304 g/mol. The normalized spacial score (nSPS) is 19.9. The Morgan fingerprint density at radius 2 is 2.26 bits per heavy atom. The fourth-order valence-corrected chi connectivity index (χ4v) is 3.05. The maximum absolute atomic E-state index is 4.66. The molecule has 0 saturated carbocycles. The van der Waals surface area contributed by atoms with Gasteiger partial charge in [0, 0.05) is 32.6 Å². The van der Waals surface area contributed by atoms with Crippen LogP contribution in [0.1, 0.15) is 25.6 Å². The predicted octanol–water partition coefficient (Wildman–Crippen LogP) is 2.58. The number of halogens is 1. The van der Waals surface area contributed by atoms with E-state index in [1.54, 1.807) is 0 Å². The highest BCUT2D eigenvalue weighted by Gasteiger charge is 2.21. The third-order valence-electron chi connectivity index (χ3n) is 3.61. The molecule has 1 atom stereocenters. The summed E-state index contributed by atoms with van der Waals surface area (Å²) in [6.45, 7) is 5.63. The van der Waals surface area contributed by atoms with Gasteiger partial charge < -0.3 is 9.80 Å². The number of rotatable bonds is 5. The monoisotopic (exact) mass is 326 g/mol.